The predicted molar refractivity (Wildman–Crippen MR) is 50.0 cm³/mol. The van der Waals surface area contributed by atoms with Gasteiger partial charge in [0.15, 0.2) is 0 Å². The normalized spacial score (nSPS) is 12.4. The standard InChI is InChI=1S/C9H12N2O3/c1-14-5-7(10)6-2-3-11-8(4-6)9(12)13/h2-4,7H,5,10H2,1H3,(H,12,13)/t7-/m1/s1. The first-order valence-corrected chi connectivity index (χ1v) is 4.09. The molecule has 1 heterocycles. The number of pyridine rings is 1. The number of hydrogen-bond donors (Lipinski definition) is 2. The molecule has 0 saturated carbocycles. The van der Waals surface area contributed by atoms with Gasteiger partial charge in [0.05, 0.1) is 12.6 Å². The van der Waals surface area contributed by atoms with E-state index in [1.54, 1.807) is 13.2 Å². The minimum Gasteiger partial charge on any atom is -0.477 e. The Morgan fingerprint density at radius 2 is 2.50 bits per heavy atom. The second kappa shape index (κ2) is 4.69. The summed E-state index contributed by atoms with van der Waals surface area (Å²) in [5, 5.41) is 8.69. The van der Waals surface area contributed by atoms with Crippen molar-refractivity contribution in [3.05, 3.63) is 29.6 Å². The van der Waals surface area contributed by atoms with Gasteiger partial charge in [0.2, 0.25) is 0 Å². The molecule has 1 rings (SSSR count). The Balaban J connectivity index is 2.87. The van der Waals surface area contributed by atoms with Gasteiger partial charge in [0.25, 0.3) is 0 Å². The molecule has 0 saturated heterocycles. The molecule has 0 spiro atoms. The number of carboxylic acids is 1. The van der Waals surface area contributed by atoms with Crippen molar-refractivity contribution in [2.45, 2.75) is 6.04 Å². The summed E-state index contributed by atoms with van der Waals surface area (Å²) in [6.07, 6.45) is 1.42. The maximum absolute atomic E-state index is 10.6. The van der Waals surface area contributed by atoms with Crippen molar-refractivity contribution in [2.24, 2.45) is 5.73 Å². The average Bonchev–Trinajstić information content (AvgIpc) is 2.18. The number of methoxy groups -OCH3 is 1. The zero-order valence-corrected chi connectivity index (χ0v) is 7.80. The van der Waals surface area contributed by atoms with E-state index in [1.165, 1.54) is 12.3 Å². The van der Waals surface area contributed by atoms with E-state index in [0.29, 0.717) is 12.2 Å². The van der Waals surface area contributed by atoms with Gasteiger partial charge in [-0.25, -0.2) is 9.78 Å². The average molecular weight is 196 g/mol. The van der Waals surface area contributed by atoms with Crippen LogP contribution in [0.15, 0.2) is 18.3 Å². The van der Waals surface area contributed by atoms with E-state index in [-0.39, 0.29) is 11.7 Å². The number of aromatic carboxylic acids is 1. The maximum Gasteiger partial charge on any atom is 0.354 e. The summed E-state index contributed by atoms with van der Waals surface area (Å²) in [4.78, 5) is 14.3. The number of ether oxygens (including phenoxy) is 1. The molecule has 0 unspecified atom stereocenters. The molecule has 1 atom stereocenters. The monoisotopic (exact) mass is 196 g/mol. The van der Waals surface area contributed by atoms with Crippen LogP contribution in [0.1, 0.15) is 22.1 Å². The molecular formula is C9H12N2O3. The van der Waals surface area contributed by atoms with Crippen molar-refractivity contribution in [1.82, 2.24) is 4.98 Å². The van der Waals surface area contributed by atoms with Crippen molar-refractivity contribution in [3.8, 4) is 0 Å². The van der Waals surface area contributed by atoms with Crippen molar-refractivity contribution < 1.29 is 14.6 Å². The first kappa shape index (κ1) is 10.6. The lowest BCUT2D eigenvalue weighted by Crippen LogP contribution is -2.17. The third-order valence-corrected chi connectivity index (χ3v) is 1.78. The molecule has 0 aliphatic rings. The van der Waals surface area contributed by atoms with Gasteiger partial charge in [-0.1, -0.05) is 0 Å². The van der Waals surface area contributed by atoms with Crippen molar-refractivity contribution >= 4 is 5.97 Å². The van der Waals surface area contributed by atoms with Crippen LogP contribution in [0.2, 0.25) is 0 Å². The van der Waals surface area contributed by atoms with E-state index in [0.717, 1.165) is 0 Å². The zero-order chi connectivity index (χ0) is 10.6. The fraction of sp³-hybridized carbons (Fsp3) is 0.333. The Morgan fingerprint density at radius 3 is 3.07 bits per heavy atom. The van der Waals surface area contributed by atoms with Crippen LogP contribution in [-0.2, 0) is 4.74 Å². The highest BCUT2D eigenvalue weighted by Crippen LogP contribution is 2.10. The van der Waals surface area contributed by atoms with Crippen LogP contribution in [0, 0.1) is 0 Å². The summed E-state index contributed by atoms with van der Waals surface area (Å²) in [5.41, 5.74) is 6.43. The number of aromatic nitrogens is 1. The fourth-order valence-electron chi connectivity index (χ4n) is 1.07. The lowest BCUT2D eigenvalue weighted by molar-refractivity contribution is 0.0690. The topological polar surface area (TPSA) is 85.4 Å². The summed E-state index contributed by atoms with van der Waals surface area (Å²) in [7, 11) is 1.54. The molecular weight excluding hydrogens is 184 g/mol. The molecule has 0 bridgehead atoms. The van der Waals surface area contributed by atoms with E-state index >= 15 is 0 Å². The highest BCUT2D eigenvalue weighted by Gasteiger charge is 2.09. The third kappa shape index (κ3) is 2.51. The van der Waals surface area contributed by atoms with Crippen LogP contribution in [-0.4, -0.2) is 29.8 Å². The molecule has 0 fully saturated rings. The molecule has 5 heteroatoms. The van der Waals surface area contributed by atoms with Gasteiger partial charge in [0, 0.05) is 13.3 Å². The molecule has 0 amide bonds. The maximum atomic E-state index is 10.6. The Labute approximate surface area is 81.5 Å². The summed E-state index contributed by atoms with van der Waals surface area (Å²) in [5.74, 6) is -1.06. The molecule has 1 aromatic rings. The quantitative estimate of drug-likeness (QED) is 0.729. The molecule has 0 radical (unpaired) electrons. The summed E-state index contributed by atoms with van der Waals surface area (Å²) in [6, 6.07) is 2.81. The molecule has 5 nitrogen and oxygen atoms in total. The smallest absolute Gasteiger partial charge is 0.354 e. The summed E-state index contributed by atoms with van der Waals surface area (Å²) >= 11 is 0. The Kier molecular flexibility index (Phi) is 3.55. The number of carboxylic acid groups (broad SMARTS) is 1. The second-order valence-electron chi connectivity index (χ2n) is 2.84. The Bertz CT molecular complexity index is 328. The largest absolute Gasteiger partial charge is 0.477 e. The Hall–Kier alpha value is -1.46. The van der Waals surface area contributed by atoms with Gasteiger partial charge in [-0.15, -0.1) is 0 Å². The van der Waals surface area contributed by atoms with Gasteiger partial charge < -0.3 is 15.6 Å². The van der Waals surface area contributed by atoms with Crippen molar-refractivity contribution in [2.75, 3.05) is 13.7 Å². The van der Waals surface area contributed by atoms with Crippen molar-refractivity contribution in [1.29, 1.82) is 0 Å². The summed E-state index contributed by atoms with van der Waals surface area (Å²) < 4.78 is 4.87. The van der Waals surface area contributed by atoms with Gasteiger partial charge in [-0.2, -0.15) is 0 Å². The minimum atomic E-state index is -1.06. The number of carbonyl (C=O) groups is 1. The van der Waals surface area contributed by atoms with E-state index in [4.69, 9.17) is 15.6 Å². The van der Waals surface area contributed by atoms with Crippen molar-refractivity contribution in [3.63, 3.8) is 0 Å². The molecule has 14 heavy (non-hydrogen) atoms. The van der Waals surface area contributed by atoms with Crippen LogP contribution in [0.4, 0.5) is 0 Å². The van der Waals surface area contributed by atoms with Crippen LogP contribution >= 0.6 is 0 Å². The molecule has 0 aromatic carbocycles. The molecule has 76 valence electrons. The minimum absolute atomic E-state index is 0.00551. The zero-order valence-electron chi connectivity index (χ0n) is 7.80. The summed E-state index contributed by atoms with van der Waals surface area (Å²) in [6.45, 7) is 0.350. The molecule has 0 aliphatic carbocycles. The van der Waals surface area contributed by atoms with E-state index in [9.17, 15) is 4.79 Å². The number of nitrogens with two attached hydrogens (primary N) is 1. The Morgan fingerprint density at radius 1 is 1.79 bits per heavy atom. The van der Waals surface area contributed by atoms with Crippen LogP contribution in [0.3, 0.4) is 0 Å². The van der Waals surface area contributed by atoms with Gasteiger partial charge >= 0.3 is 5.97 Å². The van der Waals surface area contributed by atoms with Crippen LogP contribution in [0.25, 0.3) is 0 Å². The fourth-order valence-corrected chi connectivity index (χ4v) is 1.07. The van der Waals surface area contributed by atoms with E-state index < -0.39 is 5.97 Å². The molecule has 1 aromatic heterocycles. The van der Waals surface area contributed by atoms with E-state index in [1.807, 2.05) is 0 Å². The number of rotatable bonds is 4. The highest BCUT2D eigenvalue weighted by molar-refractivity contribution is 5.85. The number of nitrogens with zero attached hydrogens (tertiary/aromatic N) is 1. The first-order valence-electron chi connectivity index (χ1n) is 4.09. The van der Waals surface area contributed by atoms with Gasteiger partial charge in [-0.05, 0) is 17.7 Å². The third-order valence-electron chi connectivity index (χ3n) is 1.78. The van der Waals surface area contributed by atoms with Gasteiger partial charge in [-0.3, -0.25) is 0 Å². The lowest BCUT2D eigenvalue weighted by atomic mass is 10.1. The van der Waals surface area contributed by atoms with Gasteiger partial charge in [0.1, 0.15) is 5.69 Å². The predicted octanol–water partition coefficient (Wildman–Crippen LogP) is 0.426. The van der Waals surface area contributed by atoms with E-state index in [2.05, 4.69) is 4.98 Å². The van der Waals surface area contributed by atoms with Crippen LogP contribution < -0.4 is 5.73 Å². The lowest BCUT2D eigenvalue weighted by Gasteiger charge is -2.10. The highest BCUT2D eigenvalue weighted by atomic mass is 16.5. The van der Waals surface area contributed by atoms with Crippen LogP contribution in [0.5, 0.6) is 0 Å². The number of hydrogen-bond acceptors (Lipinski definition) is 4. The molecule has 0 aliphatic heterocycles. The SMILES string of the molecule is COC[C@@H](N)c1ccnc(C(=O)O)c1. The second-order valence-corrected chi connectivity index (χ2v) is 2.84. The molecule has 3 N–H and O–H groups in total. The first-order chi connectivity index (χ1) is 6.65.